The molecule has 7 nitrogen and oxygen atoms in total. The molecule has 0 saturated carbocycles. The lowest BCUT2D eigenvalue weighted by molar-refractivity contribution is 0.0753. The van der Waals surface area contributed by atoms with E-state index < -0.39 is 0 Å². The summed E-state index contributed by atoms with van der Waals surface area (Å²) in [7, 11) is 0. The third kappa shape index (κ3) is 3.41. The van der Waals surface area contributed by atoms with E-state index in [-0.39, 0.29) is 17.7 Å². The van der Waals surface area contributed by atoms with Crippen molar-refractivity contribution < 1.29 is 10.0 Å². The lowest BCUT2D eigenvalue weighted by Gasteiger charge is -2.23. The van der Waals surface area contributed by atoms with E-state index in [1.165, 1.54) is 18.7 Å². The Morgan fingerprint density at radius 1 is 1.56 bits per heavy atom. The van der Waals surface area contributed by atoms with Crippen molar-refractivity contribution in [3.8, 4) is 0 Å². The van der Waals surface area contributed by atoms with Gasteiger partial charge in [-0.25, -0.2) is 9.97 Å². The second-order valence-electron chi connectivity index (χ2n) is 3.90. The molecule has 3 N–H and O–H groups in total. The SMILES string of the molecule is CCN(CC(C)C(N)=NO)C(=O)c1cncnc1. The largest absolute Gasteiger partial charge is 0.409 e. The van der Waals surface area contributed by atoms with Crippen LogP contribution in [0.25, 0.3) is 0 Å². The Morgan fingerprint density at radius 3 is 2.67 bits per heavy atom. The van der Waals surface area contributed by atoms with Crippen molar-refractivity contribution in [2.24, 2.45) is 16.8 Å². The molecular formula is C11H17N5O2. The molecule has 0 aliphatic heterocycles. The van der Waals surface area contributed by atoms with E-state index in [9.17, 15) is 4.79 Å². The summed E-state index contributed by atoms with van der Waals surface area (Å²) in [6, 6.07) is 0. The van der Waals surface area contributed by atoms with Crippen molar-refractivity contribution in [1.29, 1.82) is 0 Å². The van der Waals surface area contributed by atoms with E-state index in [1.807, 2.05) is 6.92 Å². The van der Waals surface area contributed by atoms with Crippen LogP contribution in [0.5, 0.6) is 0 Å². The van der Waals surface area contributed by atoms with Gasteiger partial charge < -0.3 is 15.8 Å². The average molecular weight is 251 g/mol. The molecule has 1 aromatic rings. The number of carbonyl (C=O) groups excluding carboxylic acids is 1. The van der Waals surface area contributed by atoms with E-state index in [0.717, 1.165) is 0 Å². The van der Waals surface area contributed by atoms with Gasteiger partial charge in [-0.05, 0) is 6.92 Å². The second-order valence-corrected chi connectivity index (χ2v) is 3.90. The van der Waals surface area contributed by atoms with Crippen LogP contribution in [0.4, 0.5) is 0 Å². The van der Waals surface area contributed by atoms with Crippen molar-refractivity contribution in [1.82, 2.24) is 14.9 Å². The van der Waals surface area contributed by atoms with Gasteiger partial charge in [0.1, 0.15) is 12.2 Å². The van der Waals surface area contributed by atoms with Gasteiger partial charge in [0.2, 0.25) is 0 Å². The number of oxime groups is 1. The Bertz CT molecular complexity index is 421. The zero-order valence-corrected chi connectivity index (χ0v) is 10.4. The first-order valence-electron chi connectivity index (χ1n) is 5.61. The number of hydrogen-bond donors (Lipinski definition) is 2. The monoisotopic (exact) mass is 251 g/mol. The van der Waals surface area contributed by atoms with Crippen LogP contribution < -0.4 is 5.73 Å². The summed E-state index contributed by atoms with van der Waals surface area (Å²) < 4.78 is 0. The highest BCUT2D eigenvalue weighted by Gasteiger charge is 2.19. The fraction of sp³-hybridized carbons (Fsp3) is 0.455. The Hall–Kier alpha value is -2.18. The summed E-state index contributed by atoms with van der Waals surface area (Å²) in [6.45, 7) is 4.55. The fourth-order valence-corrected chi connectivity index (χ4v) is 1.47. The van der Waals surface area contributed by atoms with Gasteiger partial charge in [-0.3, -0.25) is 4.79 Å². The van der Waals surface area contributed by atoms with Gasteiger partial charge >= 0.3 is 0 Å². The Morgan fingerprint density at radius 2 is 2.17 bits per heavy atom. The molecule has 0 radical (unpaired) electrons. The summed E-state index contributed by atoms with van der Waals surface area (Å²) in [5.41, 5.74) is 5.92. The number of nitrogens with zero attached hydrogens (tertiary/aromatic N) is 4. The van der Waals surface area contributed by atoms with Crippen LogP contribution in [0.2, 0.25) is 0 Å². The third-order valence-electron chi connectivity index (χ3n) is 2.59. The molecule has 0 saturated heterocycles. The summed E-state index contributed by atoms with van der Waals surface area (Å²) >= 11 is 0. The first kappa shape index (κ1) is 13.9. The van der Waals surface area contributed by atoms with Crippen molar-refractivity contribution in [3.63, 3.8) is 0 Å². The zero-order valence-electron chi connectivity index (χ0n) is 10.4. The lowest BCUT2D eigenvalue weighted by Crippen LogP contribution is -2.38. The smallest absolute Gasteiger partial charge is 0.257 e. The first-order chi connectivity index (χ1) is 8.60. The molecule has 0 aromatic carbocycles. The number of amides is 1. The van der Waals surface area contributed by atoms with Gasteiger partial charge in [-0.15, -0.1) is 0 Å². The molecule has 0 aliphatic rings. The number of amidine groups is 1. The molecule has 1 aromatic heterocycles. The number of hydrogen-bond acceptors (Lipinski definition) is 5. The number of aromatic nitrogens is 2. The van der Waals surface area contributed by atoms with Crippen molar-refractivity contribution in [2.45, 2.75) is 13.8 Å². The molecular weight excluding hydrogens is 234 g/mol. The van der Waals surface area contributed by atoms with E-state index >= 15 is 0 Å². The van der Waals surface area contributed by atoms with Crippen molar-refractivity contribution in [2.75, 3.05) is 13.1 Å². The summed E-state index contributed by atoms with van der Waals surface area (Å²) in [5, 5.41) is 11.5. The minimum atomic E-state index is -0.219. The average Bonchev–Trinajstić information content (AvgIpc) is 2.43. The quantitative estimate of drug-likeness (QED) is 0.339. The predicted molar refractivity (Wildman–Crippen MR) is 66.2 cm³/mol. The van der Waals surface area contributed by atoms with Gasteiger partial charge in [0.05, 0.1) is 5.56 Å². The van der Waals surface area contributed by atoms with Crippen LogP contribution in [-0.2, 0) is 0 Å². The molecule has 0 aliphatic carbocycles. The van der Waals surface area contributed by atoms with Crippen LogP contribution in [-0.4, -0.2) is 44.9 Å². The van der Waals surface area contributed by atoms with Gasteiger partial charge in [0.15, 0.2) is 0 Å². The molecule has 1 rings (SSSR count). The summed E-state index contributed by atoms with van der Waals surface area (Å²) in [6.07, 6.45) is 4.30. The van der Waals surface area contributed by atoms with E-state index in [0.29, 0.717) is 18.7 Å². The molecule has 7 heteroatoms. The molecule has 18 heavy (non-hydrogen) atoms. The molecule has 1 amide bonds. The Labute approximate surface area is 105 Å². The maximum Gasteiger partial charge on any atom is 0.257 e. The van der Waals surface area contributed by atoms with Gasteiger partial charge in [0.25, 0.3) is 5.91 Å². The van der Waals surface area contributed by atoms with Crippen molar-refractivity contribution >= 4 is 11.7 Å². The fourth-order valence-electron chi connectivity index (χ4n) is 1.47. The molecule has 0 bridgehead atoms. The second kappa shape index (κ2) is 6.53. The van der Waals surface area contributed by atoms with Gasteiger partial charge in [0, 0.05) is 31.4 Å². The van der Waals surface area contributed by atoms with E-state index in [1.54, 1.807) is 11.8 Å². The summed E-state index contributed by atoms with van der Waals surface area (Å²) in [4.78, 5) is 21.3. The highest BCUT2D eigenvalue weighted by Crippen LogP contribution is 2.06. The maximum absolute atomic E-state index is 12.1. The van der Waals surface area contributed by atoms with Crippen LogP contribution in [0, 0.1) is 5.92 Å². The number of nitrogens with two attached hydrogens (primary N) is 1. The third-order valence-corrected chi connectivity index (χ3v) is 2.59. The minimum Gasteiger partial charge on any atom is -0.409 e. The molecule has 98 valence electrons. The Balaban J connectivity index is 2.76. The predicted octanol–water partition coefficient (Wildman–Crippen LogP) is 0.321. The maximum atomic E-state index is 12.1. The highest BCUT2D eigenvalue weighted by molar-refractivity contribution is 5.94. The standard InChI is InChI=1S/C11H17N5O2/c1-3-16(6-8(2)10(12)15-18)11(17)9-4-13-7-14-5-9/h4-5,7-8,18H,3,6H2,1-2H3,(H2,12,15). The number of rotatable bonds is 5. The molecule has 1 atom stereocenters. The van der Waals surface area contributed by atoms with Crippen LogP contribution in [0.3, 0.4) is 0 Å². The zero-order chi connectivity index (χ0) is 13.5. The minimum absolute atomic E-state index is 0.102. The first-order valence-corrected chi connectivity index (χ1v) is 5.61. The van der Waals surface area contributed by atoms with Crippen molar-refractivity contribution in [3.05, 3.63) is 24.3 Å². The molecule has 0 fully saturated rings. The highest BCUT2D eigenvalue weighted by atomic mass is 16.4. The van der Waals surface area contributed by atoms with E-state index in [2.05, 4.69) is 15.1 Å². The van der Waals surface area contributed by atoms with Crippen LogP contribution in [0.15, 0.2) is 23.9 Å². The van der Waals surface area contributed by atoms with Crippen LogP contribution in [0.1, 0.15) is 24.2 Å². The van der Waals surface area contributed by atoms with Gasteiger partial charge in [-0.2, -0.15) is 0 Å². The van der Waals surface area contributed by atoms with E-state index in [4.69, 9.17) is 10.9 Å². The molecule has 1 heterocycles. The normalized spacial score (nSPS) is 13.1. The van der Waals surface area contributed by atoms with Gasteiger partial charge in [-0.1, -0.05) is 12.1 Å². The molecule has 1 unspecified atom stereocenters. The topological polar surface area (TPSA) is 105 Å². The lowest BCUT2D eigenvalue weighted by atomic mass is 10.1. The summed E-state index contributed by atoms with van der Waals surface area (Å²) in [5.74, 6) is -0.287. The number of carbonyl (C=O) groups is 1. The Kier molecular flexibility index (Phi) is 5.04. The van der Waals surface area contributed by atoms with Crippen LogP contribution >= 0.6 is 0 Å². The molecule has 0 spiro atoms.